The smallest absolute Gasteiger partial charge is 0.194 e. The van der Waals surface area contributed by atoms with Crippen LogP contribution in [-0.4, -0.2) is 54.9 Å². The lowest BCUT2D eigenvalue weighted by Gasteiger charge is -2.25. The maximum Gasteiger partial charge on any atom is 0.194 e. The van der Waals surface area contributed by atoms with Gasteiger partial charge in [0.2, 0.25) is 0 Å². The van der Waals surface area contributed by atoms with Crippen molar-refractivity contribution < 1.29 is 36.5 Å². The number of hydrogen-bond donors (Lipinski definition) is 0. The van der Waals surface area contributed by atoms with Crippen molar-refractivity contribution in [2.24, 2.45) is 22.7 Å². The van der Waals surface area contributed by atoms with Gasteiger partial charge in [-0.05, 0) is 48.7 Å². The fraction of sp³-hybridized carbons (Fsp3) is 0.714. The predicted molar refractivity (Wildman–Crippen MR) is 131 cm³/mol. The second kappa shape index (κ2) is 12.9. The molecule has 8 heteroatoms. The van der Waals surface area contributed by atoms with Crippen LogP contribution in [0.25, 0.3) is 0 Å². The zero-order valence-electron chi connectivity index (χ0n) is 21.9. The van der Waals surface area contributed by atoms with E-state index in [1.54, 1.807) is 11.1 Å². The number of halogens is 4. The van der Waals surface area contributed by atoms with Gasteiger partial charge in [-0.2, -0.15) is 0 Å². The zero-order chi connectivity index (χ0) is 26.3. The lowest BCUT2D eigenvalue weighted by Crippen LogP contribution is -2.32. The van der Waals surface area contributed by atoms with Gasteiger partial charge in [0, 0.05) is 28.4 Å². The third-order valence-corrected chi connectivity index (χ3v) is 7.84. The monoisotopic (exact) mass is 516 g/mol. The van der Waals surface area contributed by atoms with Crippen LogP contribution in [0.4, 0.5) is 17.6 Å². The zero-order valence-corrected chi connectivity index (χ0v) is 21.9. The summed E-state index contributed by atoms with van der Waals surface area (Å²) < 4.78 is 72.5. The van der Waals surface area contributed by atoms with E-state index in [4.69, 9.17) is 9.47 Å². The molecule has 0 aromatic heterocycles. The van der Waals surface area contributed by atoms with E-state index in [-0.39, 0.29) is 5.41 Å². The molecule has 4 aliphatic rings. The minimum absolute atomic E-state index is 0.0145. The van der Waals surface area contributed by atoms with E-state index in [2.05, 4.69) is 21.6 Å². The number of methoxy groups -OCH3 is 4. The molecule has 0 radical (unpaired) electrons. The largest absolute Gasteiger partial charge is 0.383 e. The van der Waals surface area contributed by atoms with Crippen molar-refractivity contribution in [3.05, 3.63) is 46.6 Å². The van der Waals surface area contributed by atoms with Gasteiger partial charge >= 0.3 is 0 Å². The van der Waals surface area contributed by atoms with E-state index in [1.807, 2.05) is 14.2 Å². The molecular formula is C28H40F4O4. The van der Waals surface area contributed by atoms with Crippen molar-refractivity contribution in [2.75, 3.05) is 54.9 Å². The number of rotatable bonds is 10. The maximum absolute atomic E-state index is 13.3. The summed E-state index contributed by atoms with van der Waals surface area (Å²) in [5.41, 5.74) is 1.19. The molecule has 0 saturated heterocycles. The first-order valence-corrected chi connectivity index (χ1v) is 12.8. The minimum Gasteiger partial charge on any atom is -0.383 e. The highest BCUT2D eigenvalue weighted by atomic mass is 19.2. The fourth-order valence-corrected chi connectivity index (χ4v) is 6.25. The molecule has 2 saturated carbocycles. The molecule has 4 aliphatic carbocycles. The Morgan fingerprint density at radius 1 is 0.611 bits per heavy atom. The van der Waals surface area contributed by atoms with Gasteiger partial charge in [-0.1, -0.05) is 37.8 Å². The van der Waals surface area contributed by atoms with E-state index in [9.17, 15) is 17.6 Å². The molecule has 0 aromatic rings. The van der Waals surface area contributed by atoms with Crippen molar-refractivity contribution in [3.63, 3.8) is 0 Å². The second-order valence-corrected chi connectivity index (χ2v) is 10.5. The first-order chi connectivity index (χ1) is 17.3. The molecule has 0 N–H and O–H groups in total. The number of ether oxygens (including phenoxy) is 4. The summed E-state index contributed by atoms with van der Waals surface area (Å²) in [4.78, 5) is 0. The van der Waals surface area contributed by atoms with Crippen LogP contribution in [0.2, 0.25) is 0 Å². The van der Waals surface area contributed by atoms with Gasteiger partial charge in [0.05, 0.1) is 31.8 Å². The first kappa shape index (κ1) is 29.1. The van der Waals surface area contributed by atoms with Crippen LogP contribution in [-0.2, 0) is 18.9 Å². The van der Waals surface area contributed by atoms with Gasteiger partial charge in [0.15, 0.2) is 23.3 Å². The fourth-order valence-electron chi connectivity index (χ4n) is 6.25. The molecule has 0 bridgehead atoms. The first-order valence-electron chi connectivity index (χ1n) is 12.8. The van der Waals surface area contributed by atoms with Crippen LogP contribution in [0.1, 0.15) is 51.4 Å². The van der Waals surface area contributed by atoms with Crippen LogP contribution in [0.5, 0.6) is 0 Å². The highest BCUT2D eigenvalue weighted by Crippen LogP contribution is 2.50. The normalized spacial score (nSPS) is 23.9. The standard InChI is InChI=1S/C19H30O2.C9H10F4O2/c1-20-13-19(14-21-2)11-17(15-7-3-4-8-15)18(12-19)16-9-5-6-10-16;1-14-3-9(4-15-2)7(12)5(10)6(11)8(9)13/h11-12,15-16H,3-10,13-14H2,1-2H3;3-4H2,1-2H3. The van der Waals surface area contributed by atoms with Crippen LogP contribution >= 0.6 is 0 Å². The van der Waals surface area contributed by atoms with Gasteiger partial charge in [-0.15, -0.1) is 0 Å². The molecule has 0 atom stereocenters. The predicted octanol–water partition coefficient (Wildman–Crippen LogP) is 7.09. The van der Waals surface area contributed by atoms with Gasteiger partial charge in [0.25, 0.3) is 0 Å². The lowest BCUT2D eigenvalue weighted by atomic mass is 9.85. The molecule has 0 aromatic carbocycles. The molecule has 4 nitrogen and oxygen atoms in total. The van der Waals surface area contributed by atoms with Crippen molar-refractivity contribution in [1.29, 1.82) is 0 Å². The van der Waals surface area contributed by atoms with E-state index in [0.29, 0.717) is 0 Å². The molecular weight excluding hydrogens is 476 g/mol. The average Bonchev–Trinajstić information content (AvgIpc) is 3.65. The molecule has 0 heterocycles. The summed E-state index contributed by atoms with van der Waals surface area (Å²) in [6.07, 6.45) is 16.2. The molecule has 4 rings (SSSR count). The Morgan fingerprint density at radius 2 is 0.944 bits per heavy atom. The summed E-state index contributed by atoms with van der Waals surface area (Å²) >= 11 is 0. The quantitative estimate of drug-likeness (QED) is 0.291. The Morgan fingerprint density at radius 3 is 1.25 bits per heavy atom. The van der Waals surface area contributed by atoms with E-state index in [0.717, 1.165) is 25.0 Å². The summed E-state index contributed by atoms with van der Waals surface area (Å²) in [5.74, 6) is -5.09. The van der Waals surface area contributed by atoms with Crippen molar-refractivity contribution in [2.45, 2.75) is 51.4 Å². The summed E-state index contributed by atoms with van der Waals surface area (Å²) in [6.45, 7) is 0.430. The number of hydrogen-bond acceptors (Lipinski definition) is 4. The summed E-state index contributed by atoms with van der Waals surface area (Å²) in [5, 5.41) is 0. The Hall–Kier alpha value is -1.48. The van der Waals surface area contributed by atoms with Crippen molar-refractivity contribution in [1.82, 2.24) is 0 Å². The number of allylic oxidation sites excluding steroid dienone is 4. The van der Waals surface area contributed by atoms with Gasteiger partial charge in [0.1, 0.15) is 5.41 Å². The van der Waals surface area contributed by atoms with Gasteiger partial charge in [-0.3, -0.25) is 0 Å². The highest BCUT2D eigenvalue weighted by Gasteiger charge is 2.51. The Kier molecular flexibility index (Phi) is 10.4. The minimum atomic E-state index is -2.11. The molecule has 0 spiro atoms. The Balaban J connectivity index is 0.000000214. The lowest BCUT2D eigenvalue weighted by molar-refractivity contribution is 0.0308. The topological polar surface area (TPSA) is 36.9 Å². The average molecular weight is 517 g/mol. The molecule has 0 unspecified atom stereocenters. The van der Waals surface area contributed by atoms with Crippen molar-refractivity contribution >= 4 is 0 Å². The molecule has 2 fully saturated rings. The Labute approximate surface area is 212 Å². The van der Waals surface area contributed by atoms with Crippen molar-refractivity contribution in [3.8, 4) is 0 Å². The van der Waals surface area contributed by atoms with Gasteiger partial charge in [-0.25, -0.2) is 17.6 Å². The van der Waals surface area contributed by atoms with Gasteiger partial charge < -0.3 is 18.9 Å². The molecule has 204 valence electrons. The highest BCUT2D eigenvalue weighted by molar-refractivity contribution is 5.46. The molecule has 36 heavy (non-hydrogen) atoms. The van der Waals surface area contributed by atoms with Crippen LogP contribution in [0, 0.1) is 22.7 Å². The Bertz CT molecular complexity index is 808. The molecule has 0 aliphatic heterocycles. The van der Waals surface area contributed by atoms with Crippen LogP contribution < -0.4 is 0 Å². The summed E-state index contributed by atoms with van der Waals surface area (Å²) in [7, 11) is 5.96. The van der Waals surface area contributed by atoms with Crippen LogP contribution in [0.3, 0.4) is 0 Å². The third kappa shape index (κ3) is 5.82. The van der Waals surface area contributed by atoms with E-state index < -0.39 is 41.9 Å². The summed E-state index contributed by atoms with van der Waals surface area (Å²) in [6, 6.07) is 0. The second-order valence-electron chi connectivity index (χ2n) is 10.5. The SMILES string of the molecule is COCC1(COC)C(F)=C(F)C(F)=C1F.COCC1(COC)C=C(C2CCCC2)C(C2CCCC2)=C1. The maximum atomic E-state index is 13.3. The third-order valence-electron chi connectivity index (χ3n) is 7.84. The van der Waals surface area contributed by atoms with E-state index >= 15 is 0 Å². The molecule has 0 amide bonds. The van der Waals surface area contributed by atoms with Crippen LogP contribution in [0.15, 0.2) is 46.6 Å². The van der Waals surface area contributed by atoms with E-state index in [1.165, 1.54) is 65.6 Å².